The van der Waals surface area contributed by atoms with Crippen LogP contribution in [0.15, 0.2) is 42.5 Å². The highest BCUT2D eigenvalue weighted by Gasteiger charge is 2.18. The molecule has 2 aromatic carbocycles. The van der Waals surface area contributed by atoms with Crippen LogP contribution in [-0.2, 0) is 16.1 Å². The Morgan fingerprint density at radius 2 is 1.83 bits per heavy atom. The van der Waals surface area contributed by atoms with Crippen LogP contribution in [0.3, 0.4) is 0 Å². The van der Waals surface area contributed by atoms with Crippen LogP contribution in [0.25, 0.3) is 10.8 Å². The number of ether oxygens (including phenoxy) is 1. The lowest BCUT2D eigenvalue weighted by Crippen LogP contribution is -2.42. The van der Waals surface area contributed by atoms with Crippen LogP contribution in [0.4, 0.5) is 0 Å². The van der Waals surface area contributed by atoms with E-state index < -0.39 is 0 Å². The fourth-order valence-electron chi connectivity index (χ4n) is 2.61. The largest absolute Gasteiger partial charge is 0.459 e. The van der Waals surface area contributed by atoms with Gasteiger partial charge in [-0.3, -0.25) is 4.79 Å². The first-order valence-electron chi connectivity index (χ1n) is 8.37. The van der Waals surface area contributed by atoms with Crippen LogP contribution < -0.4 is 0 Å². The van der Waals surface area contributed by atoms with E-state index in [1.54, 1.807) is 0 Å². The van der Waals surface area contributed by atoms with Crippen molar-refractivity contribution in [2.75, 3.05) is 27.2 Å². The summed E-state index contributed by atoms with van der Waals surface area (Å²) in [4.78, 5) is 11.7. The lowest BCUT2D eigenvalue weighted by molar-refractivity contribution is -0.903. The van der Waals surface area contributed by atoms with Gasteiger partial charge in [0.25, 0.3) is 0 Å². The number of benzene rings is 2. The van der Waals surface area contributed by atoms with Gasteiger partial charge < -0.3 is 9.22 Å². The maximum atomic E-state index is 11.7. The summed E-state index contributed by atoms with van der Waals surface area (Å²) >= 11 is 0. The number of nitrogens with zero attached hydrogens (tertiary/aromatic N) is 1. The third-order valence-corrected chi connectivity index (χ3v) is 4.38. The number of quaternary nitrogens is 1. The zero-order valence-electron chi connectivity index (χ0n) is 14.7. The van der Waals surface area contributed by atoms with Crippen molar-refractivity contribution >= 4 is 16.7 Å². The minimum atomic E-state index is -0.0850. The molecule has 0 spiro atoms. The molecule has 0 amide bonds. The van der Waals surface area contributed by atoms with Gasteiger partial charge in [0.15, 0.2) is 0 Å². The van der Waals surface area contributed by atoms with Crippen molar-refractivity contribution in [1.82, 2.24) is 0 Å². The van der Waals surface area contributed by atoms with Gasteiger partial charge in [0.2, 0.25) is 0 Å². The average molecular weight is 314 g/mol. The highest BCUT2D eigenvalue weighted by molar-refractivity contribution is 5.82. The summed E-state index contributed by atoms with van der Waals surface area (Å²) in [5.41, 5.74) is 1.31. The Hall–Kier alpha value is -1.87. The monoisotopic (exact) mass is 314 g/mol. The van der Waals surface area contributed by atoms with Crippen LogP contribution in [0.2, 0.25) is 0 Å². The van der Waals surface area contributed by atoms with Crippen molar-refractivity contribution in [1.29, 1.82) is 0 Å². The zero-order chi connectivity index (χ0) is 16.9. The summed E-state index contributed by atoms with van der Waals surface area (Å²) in [6.45, 7) is 6.13. The van der Waals surface area contributed by atoms with Gasteiger partial charge in [-0.15, -0.1) is 0 Å². The Morgan fingerprint density at radius 1 is 1.13 bits per heavy atom. The Labute approximate surface area is 139 Å². The molecule has 124 valence electrons. The molecule has 0 aliphatic heterocycles. The highest BCUT2D eigenvalue weighted by Crippen LogP contribution is 2.18. The van der Waals surface area contributed by atoms with Crippen molar-refractivity contribution in [3.05, 3.63) is 48.0 Å². The lowest BCUT2D eigenvalue weighted by atomic mass is 10.1. The van der Waals surface area contributed by atoms with Crippen molar-refractivity contribution in [2.45, 2.75) is 26.8 Å². The number of hydrogen-bond donors (Lipinski definition) is 0. The molecular weight excluding hydrogens is 286 g/mol. The summed E-state index contributed by atoms with van der Waals surface area (Å²) in [6.07, 6.45) is 0.828. The van der Waals surface area contributed by atoms with Gasteiger partial charge in [0.1, 0.15) is 19.7 Å². The molecule has 0 N–H and O–H groups in total. The van der Waals surface area contributed by atoms with Gasteiger partial charge in [-0.05, 0) is 23.3 Å². The Morgan fingerprint density at radius 3 is 2.52 bits per heavy atom. The first kappa shape index (κ1) is 17.5. The van der Waals surface area contributed by atoms with E-state index in [1.807, 2.05) is 13.8 Å². The van der Waals surface area contributed by atoms with E-state index in [1.165, 1.54) is 16.3 Å². The van der Waals surface area contributed by atoms with Gasteiger partial charge in [0.05, 0.1) is 20.0 Å². The van der Waals surface area contributed by atoms with Gasteiger partial charge >= 0.3 is 5.97 Å². The number of likely N-dealkylation sites (N-methyl/N-ethyl adjacent to an activating group) is 1. The zero-order valence-corrected chi connectivity index (χ0v) is 14.7. The van der Waals surface area contributed by atoms with Gasteiger partial charge in [-0.25, -0.2) is 0 Å². The SMILES string of the molecule is CCC(C)C(=O)OCC[N+](C)(C)Cc1ccc2ccccc2c1. The summed E-state index contributed by atoms with van der Waals surface area (Å²) in [5, 5.41) is 2.54. The molecular formula is C20H28NO2+. The molecule has 0 aliphatic rings. The fraction of sp³-hybridized carbons (Fsp3) is 0.450. The van der Waals surface area contributed by atoms with Crippen LogP contribution in [0.1, 0.15) is 25.8 Å². The molecule has 2 aromatic rings. The molecule has 0 saturated heterocycles. The first-order chi connectivity index (χ1) is 10.9. The molecule has 0 aliphatic carbocycles. The number of esters is 1. The predicted molar refractivity (Wildman–Crippen MR) is 95.0 cm³/mol. The van der Waals surface area contributed by atoms with E-state index in [2.05, 4.69) is 56.6 Å². The van der Waals surface area contributed by atoms with E-state index in [9.17, 15) is 4.79 Å². The molecule has 0 heterocycles. The van der Waals surface area contributed by atoms with Crippen LogP contribution in [0, 0.1) is 5.92 Å². The van der Waals surface area contributed by atoms with Gasteiger partial charge in [-0.2, -0.15) is 0 Å². The third-order valence-electron chi connectivity index (χ3n) is 4.38. The van der Waals surface area contributed by atoms with E-state index in [4.69, 9.17) is 4.74 Å². The molecule has 2 rings (SSSR count). The minimum Gasteiger partial charge on any atom is -0.459 e. The standard InChI is InChI=1S/C20H28NO2/c1-5-16(2)20(22)23-13-12-21(3,4)15-17-10-11-18-8-6-7-9-19(18)14-17/h6-11,14,16H,5,12-13,15H2,1-4H3/q+1. The molecule has 3 nitrogen and oxygen atoms in total. The number of carbonyl (C=O) groups is 1. The second kappa shape index (κ2) is 7.60. The molecule has 0 bridgehead atoms. The van der Waals surface area contributed by atoms with Crippen molar-refractivity contribution in [3.63, 3.8) is 0 Å². The number of hydrogen-bond acceptors (Lipinski definition) is 2. The lowest BCUT2D eigenvalue weighted by Gasteiger charge is -2.30. The maximum absolute atomic E-state index is 11.7. The molecule has 1 atom stereocenters. The molecule has 3 heteroatoms. The normalized spacial score (nSPS) is 13.0. The van der Waals surface area contributed by atoms with Gasteiger partial charge in [-0.1, -0.05) is 50.2 Å². The van der Waals surface area contributed by atoms with Crippen molar-refractivity contribution in [2.24, 2.45) is 5.92 Å². The molecule has 1 unspecified atom stereocenters. The number of rotatable bonds is 7. The molecule has 23 heavy (non-hydrogen) atoms. The average Bonchev–Trinajstić information content (AvgIpc) is 2.53. The quantitative estimate of drug-likeness (QED) is 0.570. The summed E-state index contributed by atoms with van der Waals surface area (Å²) in [6, 6.07) is 15.0. The highest BCUT2D eigenvalue weighted by atomic mass is 16.5. The van der Waals surface area contributed by atoms with Crippen LogP contribution >= 0.6 is 0 Å². The molecule has 0 saturated carbocycles. The van der Waals surface area contributed by atoms with Gasteiger partial charge in [0, 0.05) is 5.56 Å². The summed E-state index contributed by atoms with van der Waals surface area (Å²) in [5.74, 6) is -0.0932. The Kier molecular flexibility index (Phi) is 5.78. The topological polar surface area (TPSA) is 26.3 Å². The second-order valence-electron chi connectivity index (χ2n) is 6.98. The van der Waals surface area contributed by atoms with E-state index >= 15 is 0 Å². The second-order valence-corrected chi connectivity index (χ2v) is 6.98. The van der Waals surface area contributed by atoms with Crippen LogP contribution in [0.5, 0.6) is 0 Å². The maximum Gasteiger partial charge on any atom is 0.308 e. The smallest absolute Gasteiger partial charge is 0.308 e. The Bertz CT molecular complexity index is 663. The Balaban J connectivity index is 1.92. The molecule has 0 aromatic heterocycles. The van der Waals surface area contributed by atoms with E-state index in [0.29, 0.717) is 6.61 Å². The molecule has 0 radical (unpaired) electrons. The fourth-order valence-corrected chi connectivity index (χ4v) is 2.61. The summed E-state index contributed by atoms with van der Waals surface area (Å²) in [7, 11) is 4.35. The van der Waals surface area contributed by atoms with E-state index in [0.717, 1.165) is 24.0 Å². The minimum absolute atomic E-state index is 0.00824. The first-order valence-corrected chi connectivity index (χ1v) is 8.37. The number of carbonyl (C=O) groups excluding carboxylic acids is 1. The third kappa shape index (κ3) is 5.07. The number of fused-ring (bicyclic) bond motifs is 1. The van der Waals surface area contributed by atoms with Crippen molar-refractivity contribution < 1.29 is 14.0 Å². The van der Waals surface area contributed by atoms with E-state index in [-0.39, 0.29) is 11.9 Å². The van der Waals surface area contributed by atoms with Crippen molar-refractivity contribution in [3.8, 4) is 0 Å². The van der Waals surface area contributed by atoms with Crippen LogP contribution in [-0.4, -0.2) is 37.7 Å². The predicted octanol–water partition coefficient (Wildman–Crippen LogP) is 4.01. The molecule has 0 fully saturated rings. The summed E-state index contributed by atoms with van der Waals surface area (Å²) < 4.78 is 6.18.